The van der Waals surface area contributed by atoms with Crippen molar-refractivity contribution in [2.75, 3.05) is 0 Å². The fourth-order valence-electron chi connectivity index (χ4n) is 3.43. The molecule has 0 radical (unpaired) electrons. The molecule has 158 valence electrons. The van der Waals surface area contributed by atoms with Crippen LogP contribution in [-0.2, 0) is 0 Å². The van der Waals surface area contributed by atoms with Gasteiger partial charge in [-0.2, -0.15) is 0 Å². The van der Waals surface area contributed by atoms with E-state index < -0.39 is 12.9 Å². The second-order valence-electron chi connectivity index (χ2n) is 7.72. The van der Waals surface area contributed by atoms with Crippen LogP contribution in [0.5, 0.6) is 0 Å². The highest BCUT2D eigenvalue weighted by Crippen LogP contribution is 2.13. The lowest BCUT2D eigenvalue weighted by molar-refractivity contribution is 0.133. The maximum atomic E-state index is 12.0. The first-order valence-electron chi connectivity index (χ1n) is 11.2. The predicted octanol–water partition coefficient (Wildman–Crippen LogP) is 6.99. The molecule has 0 aromatic carbocycles. The third kappa shape index (κ3) is 24.2. The van der Waals surface area contributed by atoms with E-state index in [0.717, 1.165) is 25.7 Å². The molecule has 0 aliphatic carbocycles. The molecule has 0 unspecified atom stereocenters. The van der Waals surface area contributed by atoms with Gasteiger partial charge in [0.2, 0.25) is 12.9 Å². The lowest BCUT2D eigenvalue weighted by Gasteiger charge is -2.03. The summed E-state index contributed by atoms with van der Waals surface area (Å²) < 4.78 is 47.9. The van der Waals surface area contributed by atoms with Crippen molar-refractivity contribution in [3.05, 3.63) is 0 Å². The molecule has 0 fully saturated rings. The van der Waals surface area contributed by atoms with Crippen LogP contribution in [0, 0.1) is 0 Å². The highest BCUT2D eigenvalue weighted by Gasteiger charge is 2.02. The standard InChI is InChI=1S/C20H42F4Si2/c21-19(22)13-7-1-3-9-15-25-17-11-5-6-12-18-26-16-10-4-2-8-14-20(23)24/h19-20H,1-18,25-26H2. The summed E-state index contributed by atoms with van der Waals surface area (Å²) >= 11 is 0. The van der Waals surface area contributed by atoms with E-state index in [2.05, 4.69) is 0 Å². The largest absolute Gasteiger partial charge is 0.238 e. The van der Waals surface area contributed by atoms with E-state index >= 15 is 0 Å². The Morgan fingerprint density at radius 1 is 0.385 bits per heavy atom. The van der Waals surface area contributed by atoms with Gasteiger partial charge in [0.05, 0.1) is 0 Å². The predicted molar refractivity (Wildman–Crippen MR) is 113 cm³/mol. The lowest BCUT2D eigenvalue weighted by atomic mass is 10.2. The summed E-state index contributed by atoms with van der Waals surface area (Å²) in [5.74, 6) is 0. The Labute approximate surface area is 163 Å². The Kier molecular flexibility index (Phi) is 21.6. The van der Waals surface area contributed by atoms with Crippen LogP contribution in [0.2, 0.25) is 24.2 Å². The second kappa shape index (κ2) is 21.5. The van der Waals surface area contributed by atoms with Crippen LogP contribution in [-0.4, -0.2) is 31.9 Å². The Morgan fingerprint density at radius 2 is 0.654 bits per heavy atom. The molecule has 0 atom stereocenters. The SMILES string of the molecule is FC(F)CCCCCC[SiH2]CCCCCC[SiH2]CCCCCCC(F)F. The van der Waals surface area contributed by atoms with Gasteiger partial charge in [0, 0.05) is 31.9 Å². The molecule has 0 aromatic heterocycles. The van der Waals surface area contributed by atoms with Gasteiger partial charge in [-0.05, 0) is 12.8 Å². The molecule has 0 saturated heterocycles. The van der Waals surface area contributed by atoms with Crippen LogP contribution >= 0.6 is 0 Å². The smallest absolute Gasteiger partial charge is 0.211 e. The van der Waals surface area contributed by atoms with E-state index in [1.54, 1.807) is 0 Å². The van der Waals surface area contributed by atoms with Crippen molar-refractivity contribution in [1.82, 2.24) is 0 Å². The first-order valence-corrected chi connectivity index (χ1v) is 15.2. The summed E-state index contributed by atoms with van der Waals surface area (Å²) in [6.07, 6.45) is 9.73. The van der Waals surface area contributed by atoms with Crippen molar-refractivity contribution in [2.45, 2.75) is 127 Å². The Morgan fingerprint density at radius 3 is 0.923 bits per heavy atom. The number of rotatable bonds is 21. The molecule has 0 N–H and O–H groups in total. The van der Waals surface area contributed by atoms with Crippen molar-refractivity contribution >= 4 is 19.0 Å². The first kappa shape index (κ1) is 26.2. The topological polar surface area (TPSA) is 0 Å². The highest BCUT2D eigenvalue weighted by molar-refractivity contribution is 6.35. The van der Waals surface area contributed by atoms with Crippen LogP contribution in [0.1, 0.15) is 89.9 Å². The third-order valence-corrected chi connectivity index (χ3v) is 9.09. The summed E-state index contributed by atoms with van der Waals surface area (Å²) in [4.78, 5) is 0. The molecule has 0 nitrogen and oxygen atoms in total. The number of halogens is 4. The Balaban J connectivity index is 2.99. The van der Waals surface area contributed by atoms with Crippen molar-refractivity contribution in [3.63, 3.8) is 0 Å². The number of hydrogen-bond acceptors (Lipinski definition) is 0. The van der Waals surface area contributed by atoms with Crippen molar-refractivity contribution in [2.24, 2.45) is 0 Å². The zero-order chi connectivity index (χ0) is 19.3. The number of unbranched alkanes of at least 4 members (excludes halogenated alkanes) is 9. The molecule has 26 heavy (non-hydrogen) atoms. The summed E-state index contributed by atoms with van der Waals surface area (Å²) in [5, 5.41) is 0. The summed E-state index contributed by atoms with van der Waals surface area (Å²) in [6, 6.07) is 5.73. The second-order valence-corrected chi connectivity index (χ2v) is 12.0. The average Bonchev–Trinajstić information content (AvgIpc) is 2.59. The van der Waals surface area contributed by atoms with Gasteiger partial charge in [-0.25, -0.2) is 17.6 Å². The van der Waals surface area contributed by atoms with E-state index in [4.69, 9.17) is 0 Å². The monoisotopic (exact) mass is 414 g/mol. The van der Waals surface area contributed by atoms with Gasteiger partial charge in [-0.15, -0.1) is 0 Å². The number of hydrogen-bond donors (Lipinski definition) is 0. The maximum Gasteiger partial charge on any atom is 0.238 e. The van der Waals surface area contributed by atoms with E-state index in [0.29, 0.717) is 12.8 Å². The molecule has 0 bridgehead atoms. The van der Waals surface area contributed by atoms with Crippen LogP contribution in [0.4, 0.5) is 17.6 Å². The van der Waals surface area contributed by atoms with Gasteiger partial charge in [0.15, 0.2) is 0 Å². The Bertz CT molecular complexity index is 240. The van der Waals surface area contributed by atoms with E-state index in [1.807, 2.05) is 0 Å². The average molecular weight is 415 g/mol. The van der Waals surface area contributed by atoms with Crippen LogP contribution in [0.15, 0.2) is 0 Å². The van der Waals surface area contributed by atoms with Crippen molar-refractivity contribution in [3.8, 4) is 0 Å². The van der Waals surface area contributed by atoms with Crippen LogP contribution in [0.3, 0.4) is 0 Å². The molecule has 0 saturated carbocycles. The van der Waals surface area contributed by atoms with Gasteiger partial charge in [0.1, 0.15) is 0 Å². The third-order valence-electron chi connectivity index (χ3n) is 5.09. The molecule has 0 spiro atoms. The zero-order valence-electron chi connectivity index (χ0n) is 16.8. The normalized spacial score (nSPS) is 12.7. The minimum Gasteiger partial charge on any atom is -0.211 e. The molecule has 0 aliphatic heterocycles. The van der Waals surface area contributed by atoms with Crippen LogP contribution < -0.4 is 0 Å². The van der Waals surface area contributed by atoms with E-state index in [1.165, 1.54) is 62.7 Å². The van der Waals surface area contributed by atoms with Gasteiger partial charge < -0.3 is 0 Å². The van der Waals surface area contributed by atoms with Gasteiger partial charge in [-0.3, -0.25) is 0 Å². The van der Waals surface area contributed by atoms with Crippen molar-refractivity contribution in [1.29, 1.82) is 0 Å². The minimum atomic E-state index is -2.11. The molecule has 0 aliphatic rings. The summed E-state index contributed by atoms with van der Waals surface area (Å²) in [6.45, 7) is 0. The summed E-state index contributed by atoms with van der Waals surface area (Å²) in [7, 11) is 0.223. The molecular formula is C20H42F4Si2. The highest BCUT2D eigenvalue weighted by atomic mass is 28.2. The van der Waals surface area contributed by atoms with Gasteiger partial charge in [0.25, 0.3) is 0 Å². The maximum absolute atomic E-state index is 12.0. The number of alkyl halides is 4. The quantitative estimate of drug-likeness (QED) is 0.108. The van der Waals surface area contributed by atoms with Crippen molar-refractivity contribution < 1.29 is 17.6 Å². The summed E-state index contributed by atoms with van der Waals surface area (Å²) in [5.41, 5.74) is 0. The molecule has 0 amide bonds. The van der Waals surface area contributed by atoms with Crippen LogP contribution in [0.25, 0.3) is 0 Å². The fourth-order valence-corrected chi connectivity index (χ4v) is 6.96. The molecule has 6 heteroatoms. The Hall–Kier alpha value is 0.154. The fraction of sp³-hybridized carbons (Fsp3) is 1.00. The van der Waals surface area contributed by atoms with E-state index in [9.17, 15) is 17.6 Å². The van der Waals surface area contributed by atoms with Gasteiger partial charge >= 0.3 is 0 Å². The zero-order valence-corrected chi connectivity index (χ0v) is 19.6. The molecule has 0 heterocycles. The molecule has 0 aromatic rings. The van der Waals surface area contributed by atoms with Gasteiger partial charge in [-0.1, -0.05) is 88.4 Å². The lowest BCUT2D eigenvalue weighted by Crippen LogP contribution is -1.93. The first-order chi connectivity index (χ1) is 12.6. The molecule has 0 rings (SSSR count). The van der Waals surface area contributed by atoms with E-state index in [-0.39, 0.29) is 31.9 Å². The molecular weight excluding hydrogens is 372 g/mol. The minimum absolute atomic E-state index is 0.0849.